The highest BCUT2D eigenvalue weighted by atomic mass is 19.1. The lowest BCUT2D eigenvalue weighted by molar-refractivity contribution is 0.00566. The lowest BCUT2D eigenvalue weighted by atomic mass is 9.55. The van der Waals surface area contributed by atoms with Gasteiger partial charge in [-0.3, -0.25) is 0 Å². The third-order valence-electron chi connectivity index (χ3n) is 7.77. The Hall–Kier alpha value is -1.11. The van der Waals surface area contributed by atoms with Crippen LogP contribution in [0.2, 0.25) is 0 Å². The fourth-order valence-electron chi connectivity index (χ4n) is 6.54. The summed E-state index contributed by atoms with van der Waals surface area (Å²) in [6, 6.07) is 7.33. The van der Waals surface area contributed by atoms with Gasteiger partial charge in [-0.2, -0.15) is 0 Å². The van der Waals surface area contributed by atoms with Crippen LogP contribution in [0, 0.1) is 35.4 Å². The molecule has 0 aromatic heterocycles. The average molecular weight is 341 g/mol. The molecule has 4 rings (SSSR count). The number of allylic oxidation sites excluding steroid dienone is 1. The van der Waals surface area contributed by atoms with Gasteiger partial charge in [0.15, 0.2) is 0 Å². The van der Waals surface area contributed by atoms with E-state index >= 15 is 0 Å². The van der Waals surface area contributed by atoms with E-state index in [9.17, 15) is 4.39 Å². The molecular formula is C24H33F. The van der Waals surface area contributed by atoms with E-state index in [-0.39, 0.29) is 5.82 Å². The second-order valence-corrected chi connectivity index (χ2v) is 9.03. The summed E-state index contributed by atoms with van der Waals surface area (Å²) in [4.78, 5) is 0. The average Bonchev–Trinajstić information content (AvgIpc) is 2.66. The van der Waals surface area contributed by atoms with Gasteiger partial charge < -0.3 is 0 Å². The number of hydrogen-bond acceptors (Lipinski definition) is 0. The molecule has 3 fully saturated rings. The Balaban J connectivity index is 1.38. The monoisotopic (exact) mass is 340 g/mol. The van der Waals surface area contributed by atoms with Gasteiger partial charge in [-0.05, 0) is 111 Å². The topological polar surface area (TPSA) is 0 Å². The first-order valence-electron chi connectivity index (χ1n) is 10.6. The molecule has 1 aromatic rings. The maximum atomic E-state index is 13.2. The van der Waals surface area contributed by atoms with E-state index in [2.05, 4.69) is 12.7 Å². The van der Waals surface area contributed by atoms with E-state index in [4.69, 9.17) is 0 Å². The van der Waals surface area contributed by atoms with E-state index in [0.29, 0.717) is 5.92 Å². The zero-order chi connectivity index (χ0) is 17.2. The van der Waals surface area contributed by atoms with Crippen LogP contribution >= 0.6 is 0 Å². The van der Waals surface area contributed by atoms with Crippen molar-refractivity contribution < 1.29 is 4.39 Å². The molecule has 0 aliphatic heterocycles. The molecule has 3 aliphatic rings. The molecule has 0 radical (unpaired) electrons. The Morgan fingerprint density at radius 3 is 2.28 bits per heavy atom. The molecule has 0 saturated heterocycles. The van der Waals surface area contributed by atoms with Crippen molar-refractivity contribution in [1.29, 1.82) is 0 Å². The molecule has 0 N–H and O–H groups in total. The molecule has 136 valence electrons. The van der Waals surface area contributed by atoms with E-state index in [1.807, 2.05) is 12.1 Å². The number of fused-ring (bicyclic) bond motifs is 3. The van der Waals surface area contributed by atoms with Crippen molar-refractivity contribution in [1.82, 2.24) is 0 Å². The first-order chi connectivity index (χ1) is 12.2. The molecule has 3 saturated carbocycles. The van der Waals surface area contributed by atoms with Gasteiger partial charge in [0.25, 0.3) is 0 Å². The molecule has 0 heterocycles. The third-order valence-corrected chi connectivity index (χ3v) is 7.77. The molecule has 0 amide bonds. The van der Waals surface area contributed by atoms with E-state index in [1.54, 1.807) is 12.1 Å². The van der Waals surface area contributed by atoms with Crippen molar-refractivity contribution in [3.8, 4) is 0 Å². The number of hydrogen-bond donors (Lipinski definition) is 0. The summed E-state index contributed by atoms with van der Waals surface area (Å²) in [5, 5.41) is 0. The van der Waals surface area contributed by atoms with Crippen molar-refractivity contribution in [3.63, 3.8) is 0 Å². The van der Waals surface area contributed by atoms with Gasteiger partial charge in [0.2, 0.25) is 0 Å². The predicted octanol–water partition coefficient (Wildman–Crippen LogP) is 7.12. The van der Waals surface area contributed by atoms with Crippen LogP contribution in [-0.4, -0.2) is 0 Å². The highest BCUT2D eigenvalue weighted by molar-refractivity contribution is 5.21. The van der Waals surface area contributed by atoms with Crippen molar-refractivity contribution in [3.05, 3.63) is 48.3 Å². The van der Waals surface area contributed by atoms with Gasteiger partial charge in [0.1, 0.15) is 5.82 Å². The first kappa shape index (κ1) is 17.3. The van der Waals surface area contributed by atoms with Gasteiger partial charge in [-0.25, -0.2) is 4.39 Å². The summed E-state index contributed by atoms with van der Waals surface area (Å²) in [7, 11) is 0. The smallest absolute Gasteiger partial charge is 0.123 e. The zero-order valence-corrected chi connectivity index (χ0v) is 15.5. The van der Waals surface area contributed by atoms with Crippen LogP contribution in [0.25, 0.3) is 0 Å². The number of halogens is 1. The van der Waals surface area contributed by atoms with Crippen LogP contribution in [0.4, 0.5) is 4.39 Å². The summed E-state index contributed by atoms with van der Waals surface area (Å²) in [6.45, 7) is 3.90. The Kier molecular flexibility index (Phi) is 5.29. The Morgan fingerprint density at radius 2 is 1.56 bits per heavy atom. The van der Waals surface area contributed by atoms with Crippen molar-refractivity contribution in [2.45, 2.75) is 70.1 Å². The fourth-order valence-corrected chi connectivity index (χ4v) is 6.54. The predicted molar refractivity (Wildman–Crippen MR) is 103 cm³/mol. The molecule has 3 aliphatic carbocycles. The minimum Gasteiger partial charge on any atom is -0.207 e. The van der Waals surface area contributed by atoms with Gasteiger partial charge in [-0.15, -0.1) is 6.58 Å². The molecule has 25 heavy (non-hydrogen) atoms. The zero-order valence-electron chi connectivity index (χ0n) is 15.5. The van der Waals surface area contributed by atoms with Crippen LogP contribution in [0.1, 0.15) is 75.7 Å². The molecular weight excluding hydrogens is 307 g/mol. The minimum absolute atomic E-state index is 0.105. The maximum Gasteiger partial charge on any atom is 0.123 e. The Labute approximate surface area is 152 Å². The van der Waals surface area contributed by atoms with Crippen LogP contribution in [0.3, 0.4) is 0 Å². The highest BCUT2D eigenvalue weighted by Gasteiger charge is 2.44. The molecule has 6 unspecified atom stereocenters. The molecule has 0 bridgehead atoms. The highest BCUT2D eigenvalue weighted by Crippen LogP contribution is 2.55. The van der Waals surface area contributed by atoms with Gasteiger partial charge >= 0.3 is 0 Å². The second kappa shape index (κ2) is 7.64. The number of rotatable bonds is 4. The Morgan fingerprint density at radius 1 is 0.880 bits per heavy atom. The molecule has 1 aromatic carbocycles. The van der Waals surface area contributed by atoms with Crippen molar-refractivity contribution >= 4 is 0 Å². The largest absolute Gasteiger partial charge is 0.207 e. The van der Waals surface area contributed by atoms with Gasteiger partial charge in [0.05, 0.1) is 0 Å². The maximum absolute atomic E-state index is 13.2. The first-order valence-corrected chi connectivity index (χ1v) is 10.6. The van der Waals surface area contributed by atoms with E-state index in [1.165, 1.54) is 69.8 Å². The molecule has 0 spiro atoms. The summed E-state index contributed by atoms with van der Waals surface area (Å²) < 4.78 is 13.2. The third kappa shape index (κ3) is 3.71. The van der Waals surface area contributed by atoms with Crippen LogP contribution < -0.4 is 0 Å². The van der Waals surface area contributed by atoms with E-state index in [0.717, 1.165) is 29.6 Å². The van der Waals surface area contributed by atoms with Crippen LogP contribution in [0.15, 0.2) is 36.9 Å². The SMILES string of the molecule is C=CCCC1CCC2C(CCC3CC(c4ccc(F)cc4)CCC32)C1. The fraction of sp³-hybridized carbons (Fsp3) is 0.667. The van der Waals surface area contributed by atoms with E-state index < -0.39 is 0 Å². The normalized spacial score (nSPS) is 37.8. The van der Waals surface area contributed by atoms with Gasteiger partial charge in [0, 0.05) is 0 Å². The quantitative estimate of drug-likeness (QED) is 0.512. The van der Waals surface area contributed by atoms with Crippen LogP contribution in [-0.2, 0) is 0 Å². The lowest BCUT2D eigenvalue weighted by Gasteiger charge is -2.51. The summed E-state index contributed by atoms with van der Waals surface area (Å²) in [6.07, 6.45) is 16.1. The van der Waals surface area contributed by atoms with Gasteiger partial charge in [-0.1, -0.05) is 24.6 Å². The van der Waals surface area contributed by atoms with Crippen LogP contribution in [0.5, 0.6) is 0 Å². The Bertz CT molecular complexity index is 574. The minimum atomic E-state index is -0.105. The molecule has 0 nitrogen and oxygen atoms in total. The summed E-state index contributed by atoms with van der Waals surface area (Å²) in [5.41, 5.74) is 1.37. The molecule has 6 atom stereocenters. The summed E-state index contributed by atoms with van der Waals surface area (Å²) >= 11 is 0. The van der Waals surface area contributed by atoms with Crippen molar-refractivity contribution in [2.75, 3.05) is 0 Å². The number of benzene rings is 1. The lowest BCUT2D eigenvalue weighted by Crippen LogP contribution is -2.41. The van der Waals surface area contributed by atoms with Crippen molar-refractivity contribution in [2.24, 2.45) is 29.6 Å². The molecule has 1 heteroatoms. The standard InChI is InChI=1S/C24H33F/c1-2-3-4-17-5-13-23-20(15-17)6-7-21-16-19(10-14-24(21)23)18-8-11-22(25)12-9-18/h2,8-9,11-12,17,19-21,23-24H,1,3-7,10,13-16H2. The summed E-state index contributed by atoms with van der Waals surface area (Å²) in [5.74, 6) is 5.45. The second-order valence-electron chi connectivity index (χ2n) is 9.03.